The summed E-state index contributed by atoms with van der Waals surface area (Å²) < 4.78 is 13.2. The molecule has 1 heterocycles. The number of carbonyl (C=O) groups is 1. The molecular weight excluding hydrogens is 231 g/mol. The zero-order valence-corrected chi connectivity index (χ0v) is 10.9. The molecule has 1 atom stereocenters. The Labute approximate surface area is 107 Å². The second-order valence-electron chi connectivity index (χ2n) is 4.92. The summed E-state index contributed by atoms with van der Waals surface area (Å²) in [4.78, 5) is 14.1. The number of hydrogen-bond donors (Lipinski definition) is 1. The second kappa shape index (κ2) is 5.48. The Morgan fingerprint density at radius 3 is 3.06 bits per heavy atom. The Bertz CT molecular complexity index is 447. The number of likely N-dealkylation sites (tertiary alicyclic amines) is 1. The zero-order valence-electron chi connectivity index (χ0n) is 10.9. The highest BCUT2D eigenvalue weighted by Crippen LogP contribution is 2.20. The third-order valence-corrected chi connectivity index (χ3v) is 3.50. The van der Waals surface area contributed by atoms with E-state index in [0.29, 0.717) is 11.5 Å². The number of halogens is 1. The van der Waals surface area contributed by atoms with Crippen LogP contribution in [0.25, 0.3) is 0 Å². The van der Waals surface area contributed by atoms with Crippen LogP contribution in [-0.4, -0.2) is 37.5 Å². The summed E-state index contributed by atoms with van der Waals surface area (Å²) in [6, 6.07) is 4.38. The Morgan fingerprint density at radius 1 is 1.56 bits per heavy atom. The number of carbonyl (C=O) groups excluding carboxylic acids is 1. The molecule has 1 aliphatic rings. The third kappa shape index (κ3) is 2.70. The topological polar surface area (TPSA) is 32.3 Å². The van der Waals surface area contributed by atoms with Crippen LogP contribution in [0.1, 0.15) is 22.3 Å². The van der Waals surface area contributed by atoms with Crippen molar-refractivity contribution in [2.75, 3.05) is 26.7 Å². The molecule has 2 rings (SSSR count). The van der Waals surface area contributed by atoms with Crippen molar-refractivity contribution in [3.05, 3.63) is 35.1 Å². The molecule has 18 heavy (non-hydrogen) atoms. The molecule has 0 unspecified atom stereocenters. The predicted octanol–water partition coefficient (Wildman–Crippen LogP) is 1.82. The van der Waals surface area contributed by atoms with Crippen LogP contribution in [0.15, 0.2) is 18.2 Å². The Kier molecular flexibility index (Phi) is 3.97. The normalized spacial score (nSPS) is 19.3. The van der Waals surface area contributed by atoms with Crippen molar-refractivity contribution in [2.24, 2.45) is 5.92 Å². The smallest absolute Gasteiger partial charge is 0.254 e. The highest BCUT2D eigenvalue weighted by atomic mass is 19.1. The second-order valence-corrected chi connectivity index (χ2v) is 4.92. The van der Waals surface area contributed by atoms with E-state index in [1.54, 1.807) is 6.07 Å². The molecule has 0 bridgehead atoms. The maximum absolute atomic E-state index is 13.2. The first-order chi connectivity index (χ1) is 8.61. The Hall–Kier alpha value is -1.42. The van der Waals surface area contributed by atoms with Crippen LogP contribution in [0.2, 0.25) is 0 Å². The van der Waals surface area contributed by atoms with E-state index >= 15 is 0 Å². The maximum atomic E-state index is 13.2. The largest absolute Gasteiger partial charge is 0.338 e. The lowest BCUT2D eigenvalue weighted by atomic mass is 10.1. The van der Waals surface area contributed by atoms with Gasteiger partial charge in [0.2, 0.25) is 0 Å². The summed E-state index contributed by atoms with van der Waals surface area (Å²) in [5, 5.41) is 3.13. The van der Waals surface area contributed by atoms with E-state index in [1.165, 1.54) is 12.1 Å². The highest BCUT2D eigenvalue weighted by Gasteiger charge is 2.27. The van der Waals surface area contributed by atoms with Crippen LogP contribution in [0.5, 0.6) is 0 Å². The summed E-state index contributed by atoms with van der Waals surface area (Å²) in [6.07, 6.45) is 1.01. The fraction of sp³-hybridized carbons (Fsp3) is 0.500. The number of benzene rings is 1. The zero-order chi connectivity index (χ0) is 13.1. The number of nitrogens with zero attached hydrogens (tertiary/aromatic N) is 1. The Morgan fingerprint density at radius 2 is 2.33 bits per heavy atom. The van der Waals surface area contributed by atoms with Crippen molar-refractivity contribution in [1.82, 2.24) is 10.2 Å². The molecule has 0 saturated carbocycles. The van der Waals surface area contributed by atoms with Gasteiger partial charge in [-0.15, -0.1) is 0 Å². The number of amides is 1. The van der Waals surface area contributed by atoms with Crippen LogP contribution >= 0.6 is 0 Å². The molecule has 1 aromatic carbocycles. The van der Waals surface area contributed by atoms with E-state index in [0.717, 1.165) is 31.6 Å². The molecule has 1 amide bonds. The van der Waals surface area contributed by atoms with Crippen LogP contribution in [0.4, 0.5) is 4.39 Å². The van der Waals surface area contributed by atoms with Gasteiger partial charge in [0, 0.05) is 18.7 Å². The van der Waals surface area contributed by atoms with Crippen LogP contribution < -0.4 is 5.32 Å². The lowest BCUT2D eigenvalue weighted by Crippen LogP contribution is -2.30. The van der Waals surface area contributed by atoms with Gasteiger partial charge in [-0.25, -0.2) is 4.39 Å². The molecule has 1 saturated heterocycles. The number of hydrogen-bond acceptors (Lipinski definition) is 2. The van der Waals surface area contributed by atoms with Gasteiger partial charge in [-0.3, -0.25) is 4.79 Å². The van der Waals surface area contributed by atoms with E-state index in [2.05, 4.69) is 5.32 Å². The quantitative estimate of drug-likeness (QED) is 0.887. The van der Waals surface area contributed by atoms with Gasteiger partial charge in [-0.05, 0) is 50.6 Å². The maximum Gasteiger partial charge on any atom is 0.254 e. The number of aryl methyl sites for hydroxylation is 1. The van der Waals surface area contributed by atoms with Crippen molar-refractivity contribution >= 4 is 5.91 Å². The van der Waals surface area contributed by atoms with Crippen molar-refractivity contribution in [3.8, 4) is 0 Å². The van der Waals surface area contributed by atoms with E-state index in [1.807, 2.05) is 18.9 Å². The van der Waals surface area contributed by atoms with Crippen LogP contribution in [0.3, 0.4) is 0 Å². The molecule has 98 valence electrons. The minimum Gasteiger partial charge on any atom is -0.338 e. The van der Waals surface area contributed by atoms with Gasteiger partial charge in [-0.1, -0.05) is 6.07 Å². The van der Waals surface area contributed by atoms with Gasteiger partial charge in [0.15, 0.2) is 0 Å². The number of rotatable bonds is 3. The molecular formula is C14H19FN2O. The van der Waals surface area contributed by atoms with E-state index in [-0.39, 0.29) is 11.7 Å². The average Bonchev–Trinajstić information content (AvgIpc) is 2.80. The molecule has 0 radical (unpaired) electrons. The standard InChI is InChI=1S/C14H19FN2O/c1-10-3-4-12(15)7-13(10)14(18)17-6-5-11(9-17)8-16-2/h3-4,7,11,16H,5-6,8-9H2,1-2H3/t11-/m1/s1. The van der Waals surface area contributed by atoms with E-state index in [9.17, 15) is 9.18 Å². The molecule has 1 aromatic rings. The Balaban J connectivity index is 2.10. The van der Waals surface area contributed by atoms with E-state index < -0.39 is 0 Å². The fourth-order valence-electron chi connectivity index (χ4n) is 2.47. The summed E-state index contributed by atoms with van der Waals surface area (Å²) in [5.41, 5.74) is 1.32. The molecule has 3 nitrogen and oxygen atoms in total. The molecule has 4 heteroatoms. The first-order valence-corrected chi connectivity index (χ1v) is 6.32. The summed E-state index contributed by atoms with van der Waals surface area (Å²) in [6.45, 7) is 4.29. The SMILES string of the molecule is CNC[C@H]1CCN(C(=O)c2cc(F)ccc2C)C1. The molecule has 0 spiro atoms. The molecule has 1 aliphatic heterocycles. The summed E-state index contributed by atoms with van der Waals surface area (Å²) in [7, 11) is 1.92. The van der Waals surface area contributed by atoms with Gasteiger partial charge in [0.1, 0.15) is 5.82 Å². The first kappa shape index (κ1) is 13.0. The van der Waals surface area contributed by atoms with Gasteiger partial charge in [-0.2, -0.15) is 0 Å². The van der Waals surface area contributed by atoms with Gasteiger partial charge in [0.25, 0.3) is 5.91 Å². The molecule has 1 N–H and O–H groups in total. The lowest BCUT2D eigenvalue weighted by Gasteiger charge is -2.18. The van der Waals surface area contributed by atoms with Gasteiger partial charge >= 0.3 is 0 Å². The minimum absolute atomic E-state index is 0.0504. The predicted molar refractivity (Wildman–Crippen MR) is 69.1 cm³/mol. The van der Waals surface area contributed by atoms with Crippen molar-refractivity contribution < 1.29 is 9.18 Å². The first-order valence-electron chi connectivity index (χ1n) is 6.32. The number of nitrogens with one attached hydrogen (secondary N) is 1. The van der Waals surface area contributed by atoms with Crippen molar-refractivity contribution in [1.29, 1.82) is 0 Å². The monoisotopic (exact) mass is 250 g/mol. The summed E-state index contributed by atoms with van der Waals surface area (Å²) >= 11 is 0. The minimum atomic E-state index is -0.352. The lowest BCUT2D eigenvalue weighted by molar-refractivity contribution is 0.0786. The van der Waals surface area contributed by atoms with Crippen LogP contribution in [0, 0.1) is 18.7 Å². The van der Waals surface area contributed by atoms with Crippen molar-refractivity contribution in [3.63, 3.8) is 0 Å². The average molecular weight is 250 g/mol. The van der Waals surface area contributed by atoms with Gasteiger partial charge in [0.05, 0.1) is 0 Å². The third-order valence-electron chi connectivity index (χ3n) is 3.50. The molecule has 0 aliphatic carbocycles. The van der Waals surface area contributed by atoms with Gasteiger partial charge < -0.3 is 10.2 Å². The van der Waals surface area contributed by atoms with E-state index in [4.69, 9.17) is 0 Å². The van der Waals surface area contributed by atoms with Crippen LogP contribution in [-0.2, 0) is 0 Å². The fourth-order valence-corrected chi connectivity index (χ4v) is 2.47. The van der Waals surface area contributed by atoms with Crippen molar-refractivity contribution in [2.45, 2.75) is 13.3 Å². The summed E-state index contributed by atoms with van der Waals surface area (Å²) in [5.74, 6) is 0.105. The molecule has 0 aromatic heterocycles. The highest BCUT2D eigenvalue weighted by molar-refractivity contribution is 5.95. The molecule has 1 fully saturated rings.